The lowest BCUT2D eigenvalue weighted by Gasteiger charge is -2.40. The molecule has 33 heavy (non-hydrogen) atoms. The Labute approximate surface area is 195 Å². The van der Waals surface area contributed by atoms with Crippen LogP contribution in [-0.4, -0.2) is 77.7 Å². The van der Waals surface area contributed by atoms with Crippen LogP contribution in [0.25, 0.3) is 0 Å². The van der Waals surface area contributed by atoms with Crippen molar-refractivity contribution in [3.05, 3.63) is 40.6 Å². The van der Waals surface area contributed by atoms with E-state index in [0.29, 0.717) is 18.4 Å². The van der Waals surface area contributed by atoms with E-state index in [1.807, 2.05) is 0 Å². The molecule has 1 fully saturated rings. The molecule has 2 aliphatic rings. The number of rotatable bonds is 9. The number of sulfonamides is 1. The first-order chi connectivity index (χ1) is 15.4. The molecule has 1 aromatic carbocycles. The smallest absolute Gasteiger partial charge is 0.370 e. The van der Waals surface area contributed by atoms with Gasteiger partial charge in [0, 0.05) is 10.9 Å². The number of carbonyl (C=O) groups excluding carboxylic acids is 1. The molecule has 1 aromatic rings. The lowest BCUT2D eigenvalue weighted by molar-refractivity contribution is -0.146. The van der Waals surface area contributed by atoms with Gasteiger partial charge in [-0.05, 0) is 43.5 Å². The van der Waals surface area contributed by atoms with Crippen molar-refractivity contribution in [3.63, 3.8) is 0 Å². The Balaban J connectivity index is 2.00. The summed E-state index contributed by atoms with van der Waals surface area (Å²) in [6.45, 7) is 0.809. The van der Waals surface area contributed by atoms with Gasteiger partial charge < -0.3 is 30.5 Å². The van der Waals surface area contributed by atoms with Gasteiger partial charge in [-0.1, -0.05) is 17.7 Å². The van der Waals surface area contributed by atoms with Crippen LogP contribution in [-0.2, 0) is 24.3 Å². The fraction of sp³-hybridized carbons (Fsp3) is 0.500. The molecule has 0 bridgehead atoms. The van der Waals surface area contributed by atoms with Gasteiger partial charge in [0.2, 0.25) is 21.7 Å². The van der Waals surface area contributed by atoms with Gasteiger partial charge in [-0.3, -0.25) is 4.79 Å². The zero-order chi connectivity index (χ0) is 24.5. The van der Waals surface area contributed by atoms with Crippen LogP contribution < -0.4 is 10.0 Å². The Morgan fingerprint density at radius 2 is 1.94 bits per heavy atom. The normalized spacial score (nSPS) is 24.9. The van der Waals surface area contributed by atoms with E-state index in [9.17, 15) is 38.4 Å². The van der Waals surface area contributed by atoms with Crippen LogP contribution in [0, 0.1) is 12.8 Å². The Hall–Kier alpha value is -2.22. The van der Waals surface area contributed by atoms with Crippen LogP contribution in [0.1, 0.15) is 18.4 Å². The van der Waals surface area contributed by atoms with Crippen LogP contribution in [0.5, 0.6) is 0 Å². The van der Waals surface area contributed by atoms with Gasteiger partial charge in [0.15, 0.2) is 0 Å². The molecule has 13 heteroatoms. The van der Waals surface area contributed by atoms with Gasteiger partial charge in [-0.2, -0.15) is 0 Å². The van der Waals surface area contributed by atoms with E-state index >= 15 is 0 Å². The molecule has 1 amide bonds. The van der Waals surface area contributed by atoms with Crippen molar-refractivity contribution < 1.29 is 43.2 Å². The lowest BCUT2D eigenvalue weighted by Crippen LogP contribution is -2.64. The summed E-state index contributed by atoms with van der Waals surface area (Å²) < 4.78 is 33.7. The summed E-state index contributed by atoms with van der Waals surface area (Å²) in [5, 5.41) is 41.8. The molecule has 1 unspecified atom stereocenters. The second kappa shape index (κ2) is 9.95. The molecule has 1 heterocycles. The maximum Gasteiger partial charge on any atom is 0.370 e. The van der Waals surface area contributed by atoms with Gasteiger partial charge in [0.05, 0.1) is 23.6 Å². The number of hydrogen-bond acceptors (Lipinski definition) is 8. The zero-order valence-corrected chi connectivity index (χ0v) is 19.1. The summed E-state index contributed by atoms with van der Waals surface area (Å²) in [6, 6.07) is 1.36. The Morgan fingerprint density at radius 1 is 1.27 bits per heavy atom. The zero-order valence-electron chi connectivity index (χ0n) is 17.5. The minimum Gasteiger partial charge on any atom is -0.478 e. The van der Waals surface area contributed by atoms with Crippen molar-refractivity contribution in [1.29, 1.82) is 0 Å². The van der Waals surface area contributed by atoms with Crippen LogP contribution in [0.3, 0.4) is 0 Å². The van der Waals surface area contributed by atoms with Crippen LogP contribution in [0.15, 0.2) is 34.9 Å². The van der Waals surface area contributed by atoms with E-state index in [0.717, 1.165) is 6.08 Å². The van der Waals surface area contributed by atoms with Crippen LogP contribution in [0.4, 0.5) is 0 Å². The summed E-state index contributed by atoms with van der Waals surface area (Å²) >= 11 is 6.04. The third-order valence-corrected chi connectivity index (χ3v) is 7.33. The topological polar surface area (TPSA) is 182 Å². The fourth-order valence-corrected chi connectivity index (χ4v) is 4.83. The van der Waals surface area contributed by atoms with E-state index in [4.69, 9.17) is 16.3 Å². The van der Waals surface area contributed by atoms with Crippen molar-refractivity contribution in [1.82, 2.24) is 10.0 Å². The molecule has 0 spiro atoms. The van der Waals surface area contributed by atoms with E-state index < -0.39 is 64.7 Å². The highest BCUT2D eigenvalue weighted by Crippen LogP contribution is 2.31. The number of aliphatic hydroxyl groups excluding tert-OH is 3. The largest absolute Gasteiger partial charge is 0.478 e. The molecule has 5 atom stereocenters. The highest BCUT2D eigenvalue weighted by atomic mass is 35.5. The molecule has 3 rings (SSSR count). The average Bonchev–Trinajstić information content (AvgIpc) is 3.60. The number of aliphatic hydroxyl groups is 3. The Morgan fingerprint density at radius 3 is 2.48 bits per heavy atom. The number of aryl methyl sites for hydroxylation is 1. The number of halogens is 1. The molecule has 6 N–H and O–H groups in total. The maximum absolute atomic E-state index is 13.0. The van der Waals surface area contributed by atoms with Crippen molar-refractivity contribution in [2.75, 3.05) is 6.61 Å². The predicted molar refractivity (Wildman–Crippen MR) is 115 cm³/mol. The number of ether oxygens (including phenoxy) is 1. The minimum atomic E-state index is -4.27. The monoisotopic (exact) mass is 504 g/mol. The third kappa shape index (κ3) is 5.83. The van der Waals surface area contributed by atoms with Crippen molar-refractivity contribution in [3.8, 4) is 0 Å². The highest BCUT2D eigenvalue weighted by molar-refractivity contribution is 7.89. The summed E-state index contributed by atoms with van der Waals surface area (Å²) in [4.78, 5) is 23.9. The molecule has 0 saturated heterocycles. The first-order valence-corrected chi connectivity index (χ1v) is 12.0. The number of benzene rings is 1. The Kier molecular flexibility index (Phi) is 7.66. The van der Waals surface area contributed by atoms with Gasteiger partial charge in [0.1, 0.15) is 18.3 Å². The van der Waals surface area contributed by atoms with E-state index in [1.165, 1.54) is 18.2 Å². The molecule has 182 valence electrons. The molecule has 11 nitrogen and oxygen atoms in total. The second-order valence-electron chi connectivity index (χ2n) is 8.03. The first-order valence-electron chi connectivity index (χ1n) is 10.1. The SMILES string of the molecule is Cc1ccc(S(=O)(=O)N[C@H]2C=C(C(=O)O)O[C@@H]([C@H](O)C(O)CO)[C@@H]2NC(=O)C2CC2)cc1Cl. The number of carboxylic acids is 1. The number of nitrogens with one attached hydrogen (secondary N) is 2. The van der Waals surface area contributed by atoms with Crippen molar-refractivity contribution in [2.24, 2.45) is 5.92 Å². The standard InChI is InChI=1S/C20H25ClN2O9S/c1-9-2-5-11(6-12(9)21)33(30,31)23-13-7-15(20(28)29)32-18(17(26)14(25)8-24)16(13)22-19(27)10-3-4-10/h2,5-7,10,13-14,16-18,23-26H,3-4,8H2,1H3,(H,22,27)(H,28,29)/t13-,14?,16+,17+,18+/m0/s1. The van der Waals surface area contributed by atoms with E-state index in [2.05, 4.69) is 10.0 Å². The van der Waals surface area contributed by atoms with E-state index in [1.54, 1.807) is 6.92 Å². The molecule has 1 saturated carbocycles. The maximum atomic E-state index is 13.0. The molecular weight excluding hydrogens is 480 g/mol. The van der Waals surface area contributed by atoms with E-state index in [-0.39, 0.29) is 15.8 Å². The first kappa shape index (κ1) is 25.4. The minimum absolute atomic E-state index is 0.199. The van der Waals surface area contributed by atoms with Crippen LogP contribution >= 0.6 is 11.6 Å². The number of amides is 1. The third-order valence-electron chi connectivity index (χ3n) is 5.47. The summed E-state index contributed by atoms with van der Waals surface area (Å²) in [7, 11) is -4.27. The van der Waals surface area contributed by atoms with Crippen molar-refractivity contribution >= 4 is 33.5 Å². The molecular formula is C20H25ClN2O9S. The molecule has 0 aromatic heterocycles. The summed E-state index contributed by atoms with van der Waals surface area (Å²) in [5.74, 6) is -2.99. The van der Waals surface area contributed by atoms with Crippen molar-refractivity contribution in [2.45, 2.75) is 55.1 Å². The van der Waals surface area contributed by atoms with Gasteiger partial charge in [0.25, 0.3) is 0 Å². The number of carboxylic acid groups (broad SMARTS) is 1. The quantitative estimate of drug-likeness (QED) is 0.252. The van der Waals surface area contributed by atoms with Gasteiger partial charge in [-0.15, -0.1) is 0 Å². The van der Waals surface area contributed by atoms with Gasteiger partial charge >= 0.3 is 5.97 Å². The summed E-state index contributed by atoms with van der Waals surface area (Å²) in [6.07, 6.45) is -2.96. The lowest BCUT2D eigenvalue weighted by atomic mass is 9.92. The molecule has 1 aliphatic heterocycles. The predicted octanol–water partition coefficient (Wildman–Crippen LogP) is -0.728. The van der Waals surface area contributed by atoms with Gasteiger partial charge in [-0.25, -0.2) is 17.9 Å². The number of hydrogen-bond donors (Lipinski definition) is 6. The number of carbonyl (C=O) groups is 2. The average molecular weight is 505 g/mol. The second-order valence-corrected chi connectivity index (χ2v) is 10.1. The highest BCUT2D eigenvalue weighted by Gasteiger charge is 2.46. The number of aliphatic carboxylic acids is 1. The van der Waals surface area contributed by atoms with Crippen LogP contribution in [0.2, 0.25) is 5.02 Å². The Bertz CT molecular complexity index is 1060. The molecule has 0 radical (unpaired) electrons. The molecule has 1 aliphatic carbocycles. The summed E-state index contributed by atoms with van der Waals surface area (Å²) in [5.41, 5.74) is 0.644. The fourth-order valence-electron chi connectivity index (χ4n) is 3.36.